The zero-order valence-corrected chi connectivity index (χ0v) is 14.6. The topological polar surface area (TPSA) is 24.9 Å². The molecule has 2 heterocycles. The van der Waals surface area contributed by atoms with E-state index in [1.54, 1.807) is 0 Å². The maximum atomic E-state index is 4.78. The standard InChI is InChI=1S/C16H20N2S.2ClH/c1-12-16(14-7-9-17-10-8-14)19-15(18-12)11-13-5-3-2-4-6-13;;/h2-6,14,17H,7-11H2,1H3;2*1H. The highest BCUT2D eigenvalue weighted by Crippen LogP contribution is 2.33. The van der Waals surface area contributed by atoms with E-state index >= 15 is 0 Å². The molecule has 1 aliphatic heterocycles. The highest BCUT2D eigenvalue weighted by molar-refractivity contribution is 7.11. The molecule has 1 aliphatic rings. The van der Waals surface area contributed by atoms with Crippen LogP contribution in [0, 0.1) is 6.92 Å². The molecule has 0 saturated carbocycles. The molecule has 0 amide bonds. The number of rotatable bonds is 3. The molecule has 0 spiro atoms. The van der Waals surface area contributed by atoms with E-state index in [1.165, 1.54) is 34.0 Å². The van der Waals surface area contributed by atoms with Gasteiger partial charge < -0.3 is 5.32 Å². The molecule has 5 heteroatoms. The Morgan fingerprint density at radius 3 is 2.48 bits per heavy atom. The van der Waals surface area contributed by atoms with Gasteiger partial charge >= 0.3 is 0 Å². The first-order valence-electron chi connectivity index (χ1n) is 7.04. The third-order valence-electron chi connectivity index (χ3n) is 3.78. The van der Waals surface area contributed by atoms with Crippen LogP contribution in [0.4, 0.5) is 0 Å². The number of hydrogen-bond acceptors (Lipinski definition) is 3. The fourth-order valence-corrected chi connectivity index (χ4v) is 4.05. The monoisotopic (exact) mass is 344 g/mol. The van der Waals surface area contributed by atoms with E-state index in [4.69, 9.17) is 4.98 Å². The fourth-order valence-electron chi connectivity index (χ4n) is 2.77. The van der Waals surface area contributed by atoms with Crippen molar-refractivity contribution in [2.45, 2.75) is 32.1 Å². The van der Waals surface area contributed by atoms with E-state index < -0.39 is 0 Å². The Labute approximate surface area is 143 Å². The average molecular weight is 345 g/mol. The minimum absolute atomic E-state index is 0. The third kappa shape index (κ3) is 4.68. The van der Waals surface area contributed by atoms with Crippen molar-refractivity contribution in [2.75, 3.05) is 13.1 Å². The highest BCUT2D eigenvalue weighted by Gasteiger charge is 2.20. The van der Waals surface area contributed by atoms with Crippen molar-refractivity contribution < 1.29 is 0 Å². The predicted molar refractivity (Wildman–Crippen MR) is 95.4 cm³/mol. The number of thiazole rings is 1. The fraction of sp³-hybridized carbons (Fsp3) is 0.438. The van der Waals surface area contributed by atoms with Gasteiger partial charge in [0.2, 0.25) is 0 Å². The Hall–Kier alpha value is -0.610. The summed E-state index contributed by atoms with van der Waals surface area (Å²) < 4.78 is 0. The molecule has 1 fully saturated rings. The first-order valence-corrected chi connectivity index (χ1v) is 7.85. The first kappa shape index (κ1) is 18.4. The summed E-state index contributed by atoms with van der Waals surface area (Å²) in [6.45, 7) is 4.47. The van der Waals surface area contributed by atoms with Crippen LogP contribution in [0.1, 0.15) is 39.9 Å². The lowest BCUT2D eigenvalue weighted by atomic mass is 9.96. The molecule has 1 N–H and O–H groups in total. The molecule has 0 aliphatic carbocycles. The number of hydrogen-bond donors (Lipinski definition) is 1. The molecule has 0 radical (unpaired) electrons. The van der Waals surface area contributed by atoms with Crippen molar-refractivity contribution >= 4 is 36.2 Å². The van der Waals surface area contributed by atoms with Gasteiger partial charge in [0, 0.05) is 11.3 Å². The molecular formula is C16H22Cl2N2S. The van der Waals surface area contributed by atoms with Crippen LogP contribution in [0.25, 0.3) is 0 Å². The van der Waals surface area contributed by atoms with Crippen LogP contribution in [0.15, 0.2) is 30.3 Å². The zero-order valence-electron chi connectivity index (χ0n) is 12.2. The summed E-state index contributed by atoms with van der Waals surface area (Å²) in [5, 5.41) is 4.70. The predicted octanol–water partition coefficient (Wildman–Crippen LogP) is 4.35. The normalized spacial score (nSPS) is 15.1. The lowest BCUT2D eigenvalue weighted by Gasteiger charge is -2.21. The van der Waals surface area contributed by atoms with Gasteiger partial charge in [-0.15, -0.1) is 36.2 Å². The molecule has 2 aromatic rings. The van der Waals surface area contributed by atoms with Crippen molar-refractivity contribution in [3.8, 4) is 0 Å². The van der Waals surface area contributed by atoms with Crippen LogP contribution in [-0.2, 0) is 6.42 Å². The quantitative estimate of drug-likeness (QED) is 0.894. The van der Waals surface area contributed by atoms with E-state index in [0.717, 1.165) is 25.4 Å². The average Bonchev–Trinajstić information content (AvgIpc) is 2.82. The Morgan fingerprint density at radius 2 is 1.81 bits per heavy atom. The number of aromatic nitrogens is 1. The summed E-state index contributed by atoms with van der Waals surface area (Å²) in [5.74, 6) is 0.725. The largest absolute Gasteiger partial charge is 0.317 e. The van der Waals surface area contributed by atoms with Crippen LogP contribution in [0.3, 0.4) is 0 Å². The Morgan fingerprint density at radius 1 is 1.14 bits per heavy atom. The van der Waals surface area contributed by atoms with Crippen molar-refractivity contribution in [3.63, 3.8) is 0 Å². The smallest absolute Gasteiger partial charge is 0.0974 e. The Kier molecular flexibility index (Phi) is 7.67. The summed E-state index contributed by atoms with van der Waals surface area (Å²) in [5.41, 5.74) is 2.61. The van der Waals surface area contributed by atoms with Gasteiger partial charge in [0.05, 0.1) is 10.7 Å². The molecule has 116 valence electrons. The second-order valence-electron chi connectivity index (χ2n) is 5.24. The third-order valence-corrected chi connectivity index (χ3v) is 5.10. The molecule has 0 atom stereocenters. The summed E-state index contributed by atoms with van der Waals surface area (Å²) >= 11 is 1.92. The van der Waals surface area contributed by atoms with Gasteiger partial charge in [-0.25, -0.2) is 4.98 Å². The van der Waals surface area contributed by atoms with Gasteiger partial charge in [0.1, 0.15) is 0 Å². The van der Waals surface area contributed by atoms with Gasteiger partial charge in [-0.05, 0) is 44.3 Å². The molecule has 2 nitrogen and oxygen atoms in total. The Balaban J connectivity index is 0.00000110. The molecule has 1 aromatic heterocycles. The van der Waals surface area contributed by atoms with E-state index in [0.29, 0.717) is 0 Å². The van der Waals surface area contributed by atoms with Crippen molar-refractivity contribution in [1.29, 1.82) is 0 Å². The SMILES string of the molecule is Cc1nc(Cc2ccccc2)sc1C1CCNCC1.Cl.Cl. The van der Waals surface area contributed by atoms with E-state index in [1.807, 2.05) is 11.3 Å². The van der Waals surface area contributed by atoms with Crippen molar-refractivity contribution in [3.05, 3.63) is 51.5 Å². The lowest BCUT2D eigenvalue weighted by molar-refractivity contribution is 0.463. The molecule has 1 aromatic carbocycles. The van der Waals surface area contributed by atoms with Crippen molar-refractivity contribution in [1.82, 2.24) is 10.3 Å². The summed E-state index contributed by atoms with van der Waals surface area (Å²) in [6.07, 6.45) is 3.49. The molecular weight excluding hydrogens is 323 g/mol. The first-order chi connectivity index (χ1) is 9.33. The number of nitrogens with zero attached hydrogens (tertiary/aromatic N) is 1. The molecule has 21 heavy (non-hydrogen) atoms. The highest BCUT2D eigenvalue weighted by atomic mass is 35.5. The summed E-state index contributed by atoms with van der Waals surface area (Å²) in [7, 11) is 0. The summed E-state index contributed by atoms with van der Waals surface area (Å²) in [4.78, 5) is 6.30. The number of aryl methyl sites for hydroxylation is 1. The van der Waals surface area contributed by atoms with Gasteiger partial charge in [-0.2, -0.15) is 0 Å². The maximum Gasteiger partial charge on any atom is 0.0974 e. The second-order valence-corrected chi connectivity index (χ2v) is 6.36. The van der Waals surface area contributed by atoms with Crippen LogP contribution in [-0.4, -0.2) is 18.1 Å². The minimum Gasteiger partial charge on any atom is -0.317 e. The molecule has 0 bridgehead atoms. The van der Waals surface area contributed by atoms with Crippen molar-refractivity contribution in [2.24, 2.45) is 0 Å². The lowest BCUT2D eigenvalue weighted by Crippen LogP contribution is -2.26. The van der Waals surface area contributed by atoms with E-state index in [-0.39, 0.29) is 24.8 Å². The van der Waals surface area contributed by atoms with E-state index in [9.17, 15) is 0 Å². The number of halogens is 2. The summed E-state index contributed by atoms with van der Waals surface area (Å²) in [6, 6.07) is 10.6. The maximum absolute atomic E-state index is 4.78. The zero-order chi connectivity index (χ0) is 13.1. The number of nitrogens with one attached hydrogen (secondary N) is 1. The number of benzene rings is 1. The second kappa shape index (κ2) is 8.74. The van der Waals surface area contributed by atoms with Gasteiger partial charge in [0.25, 0.3) is 0 Å². The molecule has 0 unspecified atom stereocenters. The van der Waals surface area contributed by atoms with Crippen LogP contribution >= 0.6 is 36.2 Å². The molecule has 1 saturated heterocycles. The van der Waals surface area contributed by atoms with Crippen LogP contribution < -0.4 is 5.32 Å². The van der Waals surface area contributed by atoms with Gasteiger partial charge in [0.15, 0.2) is 0 Å². The molecule has 3 rings (SSSR count). The Bertz CT molecular complexity index is 536. The van der Waals surface area contributed by atoms with Crippen LogP contribution in [0.2, 0.25) is 0 Å². The minimum atomic E-state index is 0. The van der Waals surface area contributed by atoms with E-state index in [2.05, 4.69) is 42.6 Å². The van der Waals surface area contributed by atoms with Gasteiger partial charge in [-0.1, -0.05) is 30.3 Å². The number of piperidine rings is 1. The van der Waals surface area contributed by atoms with Crippen LogP contribution in [0.5, 0.6) is 0 Å². The van der Waals surface area contributed by atoms with Gasteiger partial charge in [-0.3, -0.25) is 0 Å².